The van der Waals surface area contributed by atoms with Crippen LogP contribution in [0.1, 0.15) is 52.8 Å². The van der Waals surface area contributed by atoms with Crippen LogP contribution < -0.4 is 4.90 Å². The zero-order valence-electron chi connectivity index (χ0n) is 16.0. The Morgan fingerprint density at radius 3 is 2.65 bits per heavy atom. The second-order valence-electron chi connectivity index (χ2n) is 7.87. The van der Waals surface area contributed by atoms with Crippen LogP contribution in [0, 0.1) is 0 Å². The van der Waals surface area contributed by atoms with Crippen molar-refractivity contribution in [2.24, 2.45) is 4.36 Å². The van der Waals surface area contributed by atoms with Gasteiger partial charge in [0, 0.05) is 30.4 Å². The van der Waals surface area contributed by atoms with Gasteiger partial charge in [0.1, 0.15) is 0 Å². The molecule has 0 saturated carbocycles. The van der Waals surface area contributed by atoms with Gasteiger partial charge in [-0.15, -0.1) is 5.10 Å². The molecule has 0 aromatic carbocycles. The molecule has 1 spiro atoms. The van der Waals surface area contributed by atoms with Gasteiger partial charge in [-0.05, 0) is 19.3 Å². The summed E-state index contributed by atoms with van der Waals surface area (Å²) in [6.07, 6.45) is 2.14. The Labute approximate surface area is 154 Å². The summed E-state index contributed by atoms with van der Waals surface area (Å²) in [5.41, 5.74) is -0.542. The molecule has 9 heteroatoms. The number of rotatable bonds is 3. The van der Waals surface area contributed by atoms with Crippen molar-refractivity contribution in [1.82, 2.24) is 10.2 Å². The van der Waals surface area contributed by atoms with Crippen LogP contribution in [-0.4, -0.2) is 57.1 Å². The van der Waals surface area contributed by atoms with Crippen LogP contribution in [0.2, 0.25) is 0 Å². The van der Waals surface area contributed by atoms with Gasteiger partial charge in [0.15, 0.2) is 0 Å². The van der Waals surface area contributed by atoms with Crippen molar-refractivity contribution >= 4 is 21.7 Å². The Morgan fingerprint density at radius 1 is 1.35 bits per heavy atom. The first-order valence-electron chi connectivity index (χ1n) is 9.13. The molecule has 3 heterocycles. The van der Waals surface area contributed by atoms with E-state index in [0.717, 1.165) is 6.42 Å². The van der Waals surface area contributed by atoms with Gasteiger partial charge in [-0.3, -0.25) is 4.79 Å². The predicted molar refractivity (Wildman–Crippen MR) is 98.7 cm³/mol. The molecule has 0 atom stereocenters. The molecule has 2 fully saturated rings. The van der Waals surface area contributed by atoms with E-state index < -0.39 is 9.73 Å². The van der Waals surface area contributed by atoms with Gasteiger partial charge < -0.3 is 14.1 Å². The summed E-state index contributed by atoms with van der Waals surface area (Å²) < 4.78 is 28.5. The van der Waals surface area contributed by atoms with Crippen molar-refractivity contribution in [3.8, 4) is 0 Å². The second-order valence-corrected chi connectivity index (χ2v) is 10.4. The molecule has 8 nitrogen and oxygen atoms in total. The quantitative estimate of drug-likeness (QED) is 0.787. The Balaban J connectivity index is 1.73. The average Bonchev–Trinajstić information content (AvgIpc) is 3.09. The summed E-state index contributed by atoms with van der Waals surface area (Å²) in [5.74, 6) is 1.05. The summed E-state index contributed by atoms with van der Waals surface area (Å²) in [6.45, 7) is 9.47. The molecule has 1 aromatic rings. The molecule has 1 amide bonds. The maximum absolute atomic E-state index is 12.6. The average molecular weight is 385 g/mol. The van der Waals surface area contributed by atoms with Crippen molar-refractivity contribution in [2.45, 2.75) is 58.0 Å². The number of carbonyl (C=O) groups is 1. The lowest BCUT2D eigenvalue weighted by molar-refractivity contribution is -0.115. The lowest BCUT2D eigenvalue weighted by atomic mass is 9.90. The topological polar surface area (TPSA) is 97.9 Å². The standard InChI is InChI=1S/C17H28N4O4S/c1-5-16(3,4)14-18-19-15(25-14)21-8-9-24-17(12-21)6-10-26(23,11-7-17)20-13(2)22/h5-12H2,1-4H3. The minimum atomic E-state index is -2.44. The first-order chi connectivity index (χ1) is 12.2. The summed E-state index contributed by atoms with van der Waals surface area (Å²) in [6, 6.07) is 0.518. The highest BCUT2D eigenvalue weighted by atomic mass is 32.2. The zero-order chi connectivity index (χ0) is 19.0. The monoisotopic (exact) mass is 384 g/mol. The third kappa shape index (κ3) is 3.93. The molecule has 0 aliphatic carbocycles. The molecule has 146 valence electrons. The fraction of sp³-hybridized carbons (Fsp3) is 0.824. The lowest BCUT2D eigenvalue weighted by Crippen LogP contribution is -2.55. The minimum Gasteiger partial charge on any atom is -0.407 e. The third-order valence-corrected chi connectivity index (χ3v) is 7.72. The first kappa shape index (κ1) is 19.3. The SMILES string of the molecule is CCC(C)(C)c1nnc(N2CCOC3(CCS(=O)(=NC(C)=O)CC3)C2)o1. The normalized spacial score (nSPS) is 29.8. The van der Waals surface area contributed by atoms with Gasteiger partial charge in [-0.2, -0.15) is 4.36 Å². The molecule has 0 radical (unpaired) electrons. The molecular formula is C17H28N4O4S. The molecule has 2 saturated heterocycles. The van der Waals surface area contributed by atoms with Crippen LogP contribution in [0.3, 0.4) is 0 Å². The summed E-state index contributed by atoms with van der Waals surface area (Å²) in [5, 5.41) is 8.46. The molecule has 0 unspecified atom stereocenters. The Kier molecular flexibility index (Phi) is 5.13. The molecule has 26 heavy (non-hydrogen) atoms. The molecular weight excluding hydrogens is 356 g/mol. The van der Waals surface area contributed by atoms with E-state index in [9.17, 15) is 9.00 Å². The number of amides is 1. The number of ether oxygens (including phenoxy) is 1. The number of carbonyl (C=O) groups excluding carboxylic acids is 1. The van der Waals surface area contributed by atoms with Gasteiger partial charge in [-0.25, -0.2) is 4.21 Å². The molecule has 2 aliphatic rings. The summed E-state index contributed by atoms with van der Waals surface area (Å²) >= 11 is 0. The van der Waals surface area contributed by atoms with Gasteiger partial charge in [0.25, 0.3) is 5.91 Å². The van der Waals surface area contributed by atoms with E-state index in [0.29, 0.717) is 55.9 Å². The van der Waals surface area contributed by atoms with E-state index >= 15 is 0 Å². The van der Waals surface area contributed by atoms with Crippen molar-refractivity contribution < 1.29 is 18.2 Å². The van der Waals surface area contributed by atoms with Gasteiger partial charge in [-0.1, -0.05) is 25.9 Å². The van der Waals surface area contributed by atoms with E-state index in [2.05, 4.69) is 40.2 Å². The Hall–Kier alpha value is -1.48. The molecule has 2 aliphatic heterocycles. The van der Waals surface area contributed by atoms with Crippen molar-refractivity contribution in [2.75, 3.05) is 36.1 Å². The molecule has 1 aromatic heterocycles. The maximum atomic E-state index is 12.6. The molecule has 0 bridgehead atoms. The first-order valence-corrected chi connectivity index (χ1v) is 11.0. The fourth-order valence-corrected chi connectivity index (χ4v) is 5.56. The van der Waals surface area contributed by atoms with E-state index in [-0.39, 0.29) is 16.9 Å². The lowest BCUT2D eigenvalue weighted by Gasteiger charge is -2.44. The van der Waals surface area contributed by atoms with Crippen molar-refractivity contribution in [3.05, 3.63) is 5.89 Å². The fourth-order valence-electron chi connectivity index (χ4n) is 3.32. The highest BCUT2D eigenvalue weighted by Gasteiger charge is 2.42. The minimum absolute atomic E-state index is 0.153. The van der Waals surface area contributed by atoms with E-state index in [1.165, 1.54) is 6.92 Å². The second kappa shape index (κ2) is 6.92. The number of nitrogens with zero attached hydrogens (tertiary/aromatic N) is 4. The molecule has 0 N–H and O–H groups in total. The molecule has 3 rings (SSSR count). The highest BCUT2D eigenvalue weighted by Crippen LogP contribution is 2.34. The van der Waals surface area contributed by atoms with Crippen LogP contribution in [0.25, 0.3) is 0 Å². The smallest absolute Gasteiger partial charge is 0.318 e. The van der Waals surface area contributed by atoms with Crippen LogP contribution >= 0.6 is 0 Å². The maximum Gasteiger partial charge on any atom is 0.318 e. The summed E-state index contributed by atoms with van der Waals surface area (Å²) in [7, 11) is -2.44. The van der Waals surface area contributed by atoms with Crippen LogP contribution in [0.15, 0.2) is 8.78 Å². The number of hydrogen-bond donors (Lipinski definition) is 0. The van der Waals surface area contributed by atoms with Crippen molar-refractivity contribution in [3.63, 3.8) is 0 Å². The number of anilines is 1. The third-order valence-electron chi connectivity index (χ3n) is 5.44. The van der Waals surface area contributed by atoms with Crippen LogP contribution in [0.4, 0.5) is 6.01 Å². The highest BCUT2D eigenvalue weighted by molar-refractivity contribution is 7.93. The van der Waals surface area contributed by atoms with Crippen LogP contribution in [0.5, 0.6) is 0 Å². The number of aromatic nitrogens is 2. The van der Waals surface area contributed by atoms with Gasteiger partial charge >= 0.3 is 6.01 Å². The van der Waals surface area contributed by atoms with Gasteiger partial charge in [0.2, 0.25) is 5.89 Å². The van der Waals surface area contributed by atoms with Crippen LogP contribution in [-0.2, 0) is 24.7 Å². The van der Waals surface area contributed by atoms with E-state index in [1.54, 1.807) is 0 Å². The number of morpholine rings is 1. The largest absolute Gasteiger partial charge is 0.407 e. The van der Waals surface area contributed by atoms with E-state index in [1.807, 2.05) is 0 Å². The van der Waals surface area contributed by atoms with Gasteiger partial charge in [0.05, 0.1) is 28.5 Å². The zero-order valence-corrected chi connectivity index (χ0v) is 16.8. The number of hydrogen-bond acceptors (Lipinski definition) is 7. The summed E-state index contributed by atoms with van der Waals surface area (Å²) in [4.78, 5) is 13.3. The Morgan fingerprint density at radius 2 is 2.04 bits per heavy atom. The van der Waals surface area contributed by atoms with E-state index in [4.69, 9.17) is 9.15 Å². The predicted octanol–water partition coefficient (Wildman–Crippen LogP) is 2.14. The Bertz CT molecular complexity index is 780. The van der Waals surface area contributed by atoms with Crippen molar-refractivity contribution in [1.29, 1.82) is 0 Å².